The highest BCUT2D eigenvalue weighted by molar-refractivity contribution is 6.30. The van der Waals surface area contributed by atoms with Crippen LogP contribution in [-0.4, -0.2) is 10.9 Å². The Hall–Kier alpha value is -0.740. The summed E-state index contributed by atoms with van der Waals surface area (Å²) in [6.45, 7) is 0. The van der Waals surface area contributed by atoms with Crippen LogP contribution < -0.4 is 5.73 Å². The molecule has 0 spiro atoms. The first kappa shape index (κ1) is 13.7. The molecule has 2 nitrogen and oxygen atoms in total. The normalized spacial score (nSPS) is 24.8. The number of hydrogen-bond donors (Lipinski definition) is 1. The SMILES string of the molecule is NC(CC1CCCC(F)(F)C1)c1ccc(Cl)cn1. The maximum atomic E-state index is 13.3. The van der Waals surface area contributed by atoms with Gasteiger partial charge in [-0.15, -0.1) is 0 Å². The van der Waals surface area contributed by atoms with E-state index in [1.807, 2.05) is 0 Å². The minimum Gasteiger partial charge on any atom is -0.323 e. The number of nitrogens with two attached hydrogens (primary N) is 1. The molecule has 0 aromatic carbocycles. The van der Waals surface area contributed by atoms with Gasteiger partial charge in [0.1, 0.15) is 0 Å². The van der Waals surface area contributed by atoms with E-state index >= 15 is 0 Å². The lowest BCUT2D eigenvalue weighted by molar-refractivity contribution is -0.0544. The monoisotopic (exact) mass is 274 g/mol. The van der Waals surface area contributed by atoms with Gasteiger partial charge in [0.2, 0.25) is 5.92 Å². The van der Waals surface area contributed by atoms with Crippen molar-refractivity contribution in [2.75, 3.05) is 0 Å². The highest BCUT2D eigenvalue weighted by atomic mass is 35.5. The first-order chi connectivity index (χ1) is 8.46. The number of alkyl halides is 2. The van der Waals surface area contributed by atoms with Gasteiger partial charge in [0.05, 0.1) is 10.7 Å². The van der Waals surface area contributed by atoms with Crippen molar-refractivity contribution in [3.63, 3.8) is 0 Å². The molecule has 0 amide bonds. The molecular formula is C13H17ClF2N2. The van der Waals surface area contributed by atoms with E-state index in [9.17, 15) is 8.78 Å². The number of halogens is 3. The molecular weight excluding hydrogens is 258 g/mol. The average Bonchev–Trinajstić information content (AvgIpc) is 2.28. The van der Waals surface area contributed by atoms with Crippen molar-refractivity contribution >= 4 is 11.6 Å². The quantitative estimate of drug-likeness (QED) is 0.906. The Morgan fingerprint density at radius 1 is 1.50 bits per heavy atom. The Balaban J connectivity index is 1.94. The van der Waals surface area contributed by atoms with Gasteiger partial charge in [0, 0.05) is 25.1 Å². The predicted molar refractivity (Wildman–Crippen MR) is 67.7 cm³/mol. The first-order valence-electron chi connectivity index (χ1n) is 6.21. The van der Waals surface area contributed by atoms with Gasteiger partial charge in [0.25, 0.3) is 0 Å². The van der Waals surface area contributed by atoms with Crippen molar-refractivity contribution in [1.82, 2.24) is 4.98 Å². The fourth-order valence-corrected chi connectivity index (χ4v) is 2.68. The van der Waals surface area contributed by atoms with E-state index in [-0.39, 0.29) is 24.8 Å². The Labute approximate surface area is 111 Å². The second kappa shape index (κ2) is 5.49. The van der Waals surface area contributed by atoms with Gasteiger partial charge in [-0.25, -0.2) is 8.78 Å². The molecule has 1 aromatic rings. The summed E-state index contributed by atoms with van der Waals surface area (Å²) in [5.41, 5.74) is 6.73. The van der Waals surface area contributed by atoms with Gasteiger partial charge in [-0.05, 0) is 37.3 Å². The summed E-state index contributed by atoms with van der Waals surface area (Å²) >= 11 is 5.74. The molecule has 18 heavy (non-hydrogen) atoms. The van der Waals surface area contributed by atoms with E-state index in [0.29, 0.717) is 23.6 Å². The van der Waals surface area contributed by atoms with Crippen LogP contribution in [0, 0.1) is 5.92 Å². The molecule has 100 valence electrons. The summed E-state index contributed by atoms with van der Waals surface area (Å²) in [5.74, 6) is -2.53. The molecule has 2 rings (SSSR count). The van der Waals surface area contributed by atoms with E-state index in [1.54, 1.807) is 12.1 Å². The van der Waals surface area contributed by atoms with Gasteiger partial charge in [-0.3, -0.25) is 4.98 Å². The molecule has 2 atom stereocenters. The molecule has 1 aliphatic carbocycles. The molecule has 1 aliphatic rings. The van der Waals surface area contributed by atoms with Crippen molar-refractivity contribution in [1.29, 1.82) is 0 Å². The van der Waals surface area contributed by atoms with Crippen molar-refractivity contribution in [2.24, 2.45) is 11.7 Å². The summed E-state index contributed by atoms with van der Waals surface area (Å²) in [5, 5.41) is 0.551. The molecule has 1 aromatic heterocycles. The Kier molecular flexibility index (Phi) is 4.17. The third kappa shape index (κ3) is 3.62. The highest BCUT2D eigenvalue weighted by Gasteiger charge is 2.36. The summed E-state index contributed by atoms with van der Waals surface area (Å²) in [6.07, 6.45) is 3.47. The first-order valence-corrected chi connectivity index (χ1v) is 6.59. The zero-order valence-corrected chi connectivity index (χ0v) is 10.8. The highest BCUT2D eigenvalue weighted by Crippen LogP contribution is 2.39. The van der Waals surface area contributed by atoms with Crippen LogP contribution in [0.2, 0.25) is 5.02 Å². The summed E-state index contributed by atoms with van der Waals surface area (Å²) in [6, 6.07) is 3.19. The van der Waals surface area contributed by atoms with Crippen LogP contribution in [0.1, 0.15) is 43.8 Å². The molecule has 0 saturated heterocycles. The summed E-state index contributed by atoms with van der Waals surface area (Å²) in [4.78, 5) is 4.14. The summed E-state index contributed by atoms with van der Waals surface area (Å²) < 4.78 is 26.6. The second-order valence-corrected chi connectivity index (χ2v) is 5.50. The third-order valence-corrected chi connectivity index (χ3v) is 3.68. The lowest BCUT2D eigenvalue weighted by Crippen LogP contribution is -2.28. The molecule has 1 fully saturated rings. The van der Waals surface area contributed by atoms with Crippen LogP contribution in [0.25, 0.3) is 0 Å². The second-order valence-electron chi connectivity index (χ2n) is 5.06. The van der Waals surface area contributed by atoms with E-state index < -0.39 is 5.92 Å². The molecule has 0 radical (unpaired) electrons. The molecule has 1 saturated carbocycles. The van der Waals surface area contributed by atoms with Crippen LogP contribution in [0.4, 0.5) is 8.78 Å². The van der Waals surface area contributed by atoms with Gasteiger partial charge in [0.15, 0.2) is 0 Å². The van der Waals surface area contributed by atoms with Gasteiger partial charge in [-0.2, -0.15) is 0 Å². The predicted octanol–water partition coefficient (Wildman–Crippen LogP) is 3.95. The Bertz CT molecular complexity index is 394. The van der Waals surface area contributed by atoms with Crippen molar-refractivity contribution in [3.05, 3.63) is 29.0 Å². The molecule has 0 bridgehead atoms. The van der Waals surface area contributed by atoms with Crippen molar-refractivity contribution in [2.45, 2.75) is 44.1 Å². The van der Waals surface area contributed by atoms with E-state index in [0.717, 1.165) is 6.42 Å². The fourth-order valence-electron chi connectivity index (χ4n) is 2.56. The van der Waals surface area contributed by atoms with Crippen LogP contribution in [0.3, 0.4) is 0 Å². The lowest BCUT2D eigenvalue weighted by Gasteiger charge is -2.30. The maximum Gasteiger partial charge on any atom is 0.248 e. The number of rotatable bonds is 3. The number of pyridine rings is 1. The van der Waals surface area contributed by atoms with E-state index in [2.05, 4.69) is 4.98 Å². The molecule has 1 heterocycles. The largest absolute Gasteiger partial charge is 0.323 e. The smallest absolute Gasteiger partial charge is 0.248 e. The molecule has 5 heteroatoms. The standard InChI is InChI=1S/C13H17ClF2N2/c14-10-3-4-12(18-8-10)11(17)6-9-2-1-5-13(15,16)7-9/h3-4,8-9,11H,1-2,5-7,17H2. The molecule has 0 aliphatic heterocycles. The van der Waals surface area contributed by atoms with Crippen LogP contribution >= 0.6 is 11.6 Å². The van der Waals surface area contributed by atoms with Crippen LogP contribution in [-0.2, 0) is 0 Å². The molecule has 2 unspecified atom stereocenters. The topological polar surface area (TPSA) is 38.9 Å². The lowest BCUT2D eigenvalue weighted by atomic mass is 9.82. The average molecular weight is 275 g/mol. The van der Waals surface area contributed by atoms with Crippen LogP contribution in [0.5, 0.6) is 0 Å². The zero-order valence-electron chi connectivity index (χ0n) is 10.1. The Morgan fingerprint density at radius 2 is 2.28 bits per heavy atom. The third-order valence-electron chi connectivity index (χ3n) is 3.46. The number of hydrogen-bond acceptors (Lipinski definition) is 2. The zero-order chi connectivity index (χ0) is 13.2. The van der Waals surface area contributed by atoms with Gasteiger partial charge in [-0.1, -0.05) is 11.6 Å². The summed E-state index contributed by atoms with van der Waals surface area (Å²) in [7, 11) is 0. The maximum absolute atomic E-state index is 13.3. The van der Waals surface area contributed by atoms with Crippen molar-refractivity contribution < 1.29 is 8.78 Å². The van der Waals surface area contributed by atoms with E-state index in [1.165, 1.54) is 6.20 Å². The van der Waals surface area contributed by atoms with Gasteiger partial charge >= 0.3 is 0 Å². The van der Waals surface area contributed by atoms with Gasteiger partial charge < -0.3 is 5.73 Å². The fraction of sp³-hybridized carbons (Fsp3) is 0.615. The van der Waals surface area contributed by atoms with E-state index in [4.69, 9.17) is 17.3 Å². The van der Waals surface area contributed by atoms with Crippen LogP contribution in [0.15, 0.2) is 18.3 Å². The molecule has 2 N–H and O–H groups in total. The minimum atomic E-state index is -2.52. The number of aromatic nitrogens is 1. The number of nitrogens with zero attached hydrogens (tertiary/aromatic N) is 1. The Morgan fingerprint density at radius 3 is 2.89 bits per heavy atom. The minimum absolute atomic E-state index is 0.0118. The van der Waals surface area contributed by atoms with Crippen molar-refractivity contribution in [3.8, 4) is 0 Å².